The first-order chi connectivity index (χ1) is 12.1. The van der Waals surface area contributed by atoms with Crippen molar-refractivity contribution in [3.8, 4) is 0 Å². The van der Waals surface area contributed by atoms with Crippen molar-refractivity contribution < 1.29 is 9.53 Å². The van der Waals surface area contributed by atoms with Crippen LogP contribution in [-0.2, 0) is 17.9 Å². The normalized spacial score (nSPS) is 10.8. The van der Waals surface area contributed by atoms with E-state index in [1.165, 1.54) is 0 Å². The Morgan fingerprint density at radius 2 is 2.16 bits per heavy atom. The molecule has 0 unspecified atom stereocenters. The fourth-order valence-corrected chi connectivity index (χ4v) is 2.91. The van der Waals surface area contributed by atoms with Gasteiger partial charge in [-0.15, -0.1) is 5.10 Å². The topological polar surface area (TPSA) is 94.8 Å². The largest absolute Gasteiger partial charge is 0.380 e. The molecule has 0 aliphatic heterocycles. The molecule has 0 bridgehead atoms. The Labute approximate surface area is 149 Å². The number of methoxy groups -OCH3 is 1. The fraction of sp³-hybridized carbons (Fsp3) is 0.312. The number of anilines is 1. The molecule has 0 spiro atoms. The smallest absolute Gasteiger partial charge is 0.278 e. The molecule has 1 amide bonds. The lowest BCUT2D eigenvalue weighted by molar-refractivity contribution is 0.102. The summed E-state index contributed by atoms with van der Waals surface area (Å²) in [5.41, 5.74) is 4.33. The maximum atomic E-state index is 12.5. The number of nitrogens with zero attached hydrogens (tertiary/aromatic N) is 5. The highest BCUT2D eigenvalue weighted by atomic mass is 32.1. The third-order valence-corrected chi connectivity index (χ3v) is 4.40. The summed E-state index contributed by atoms with van der Waals surface area (Å²) in [6, 6.07) is 7.49. The number of benzene rings is 1. The average Bonchev–Trinajstić information content (AvgIpc) is 3.15. The van der Waals surface area contributed by atoms with Crippen molar-refractivity contribution >= 4 is 23.3 Å². The second-order valence-corrected chi connectivity index (χ2v) is 6.09. The number of hydrogen-bond acceptors (Lipinski definition) is 7. The van der Waals surface area contributed by atoms with Gasteiger partial charge in [-0.05, 0) is 31.5 Å². The molecular formula is C16H18N6O2S. The van der Waals surface area contributed by atoms with E-state index in [0.717, 1.165) is 28.7 Å². The number of nitrogens with one attached hydrogen (secondary N) is 1. The molecule has 9 heteroatoms. The molecule has 0 radical (unpaired) electrons. The zero-order valence-corrected chi connectivity index (χ0v) is 15.0. The molecule has 25 heavy (non-hydrogen) atoms. The Morgan fingerprint density at radius 1 is 1.32 bits per heavy atom. The van der Waals surface area contributed by atoms with Crippen molar-refractivity contribution in [3.05, 3.63) is 52.6 Å². The molecule has 0 saturated heterocycles. The van der Waals surface area contributed by atoms with Crippen molar-refractivity contribution in [2.24, 2.45) is 0 Å². The zero-order chi connectivity index (χ0) is 17.8. The van der Waals surface area contributed by atoms with Crippen LogP contribution in [0.2, 0.25) is 0 Å². The van der Waals surface area contributed by atoms with E-state index in [9.17, 15) is 4.79 Å². The summed E-state index contributed by atoms with van der Waals surface area (Å²) in [6.07, 6.45) is 0. The Balaban J connectivity index is 1.75. The van der Waals surface area contributed by atoms with Gasteiger partial charge in [0.15, 0.2) is 5.69 Å². The minimum Gasteiger partial charge on any atom is -0.380 e. The second-order valence-electron chi connectivity index (χ2n) is 5.56. The standard InChI is InChI=1S/C16H18N6O2S/c1-10-14(20-25-19-10)8-22-11(2)15(18-21-22)16(23)17-13-6-4-5-12(7-13)9-24-3/h4-7H,8-9H2,1-3H3,(H,17,23). The van der Waals surface area contributed by atoms with E-state index in [-0.39, 0.29) is 11.6 Å². The van der Waals surface area contributed by atoms with Crippen LogP contribution in [0.1, 0.15) is 33.1 Å². The molecule has 0 atom stereocenters. The van der Waals surface area contributed by atoms with Crippen molar-refractivity contribution in [1.29, 1.82) is 0 Å². The number of carbonyl (C=O) groups excluding carboxylic acids is 1. The van der Waals surface area contributed by atoms with Gasteiger partial charge in [0.2, 0.25) is 0 Å². The Morgan fingerprint density at radius 3 is 2.88 bits per heavy atom. The Kier molecular flexibility index (Phi) is 5.15. The number of hydrogen-bond donors (Lipinski definition) is 1. The van der Waals surface area contributed by atoms with Gasteiger partial charge in [-0.1, -0.05) is 17.3 Å². The maximum Gasteiger partial charge on any atom is 0.278 e. The summed E-state index contributed by atoms with van der Waals surface area (Å²) in [6.45, 7) is 4.63. The third kappa shape index (κ3) is 3.89. The predicted octanol–water partition coefficient (Wildman–Crippen LogP) is 2.19. The highest BCUT2D eigenvalue weighted by molar-refractivity contribution is 6.99. The molecule has 1 N–H and O–H groups in total. The van der Waals surface area contributed by atoms with E-state index in [1.54, 1.807) is 11.8 Å². The van der Waals surface area contributed by atoms with Gasteiger partial charge in [0.1, 0.15) is 0 Å². The lowest BCUT2D eigenvalue weighted by Gasteiger charge is -2.06. The number of rotatable bonds is 6. The molecule has 3 aromatic rings. The maximum absolute atomic E-state index is 12.5. The van der Waals surface area contributed by atoms with E-state index in [1.807, 2.05) is 38.1 Å². The molecule has 8 nitrogen and oxygen atoms in total. The monoisotopic (exact) mass is 358 g/mol. The molecule has 0 aliphatic carbocycles. The molecule has 130 valence electrons. The third-order valence-electron chi connectivity index (χ3n) is 3.74. The molecule has 1 aromatic carbocycles. The van der Waals surface area contributed by atoms with Crippen LogP contribution in [0.15, 0.2) is 24.3 Å². The van der Waals surface area contributed by atoms with Crippen LogP contribution in [0.3, 0.4) is 0 Å². The van der Waals surface area contributed by atoms with Gasteiger partial charge in [-0.2, -0.15) is 8.75 Å². The van der Waals surface area contributed by atoms with E-state index in [2.05, 4.69) is 24.4 Å². The van der Waals surface area contributed by atoms with Gasteiger partial charge in [0.05, 0.1) is 42.0 Å². The Bertz CT molecular complexity index is 888. The molecule has 2 aromatic heterocycles. The molecule has 0 saturated carbocycles. The number of aromatic nitrogens is 5. The minimum absolute atomic E-state index is 0.290. The van der Waals surface area contributed by atoms with Gasteiger partial charge in [0, 0.05) is 12.8 Å². The summed E-state index contributed by atoms with van der Waals surface area (Å²) in [4.78, 5) is 12.5. The molecule has 0 fully saturated rings. The summed E-state index contributed by atoms with van der Waals surface area (Å²) in [7, 11) is 1.63. The van der Waals surface area contributed by atoms with E-state index >= 15 is 0 Å². The lowest BCUT2D eigenvalue weighted by atomic mass is 10.2. The molecule has 3 rings (SSSR count). The first-order valence-corrected chi connectivity index (χ1v) is 8.39. The minimum atomic E-state index is -0.300. The quantitative estimate of drug-likeness (QED) is 0.726. The van der Waals surface area contributed by atoms with Gasteiger partial charge >= 0.3 is 0 Å². The van der Waals surface area contributed by atoms with Crippen LogP contribution in [0.4, 0.5) is 5.69 Å². The fourth-order valence-electron chi connectivity index (χ4n) is 2.35. The molecule has 2 heterocycles. The first-order valence-electron chi connectivity index (χ1n) is 7.66. The average molecular weight is 358 g/mol. The highest BCUT2D eigenvalue weighted by Gasteiger charge is 2.18. The van der Waals surface area contributed by atoms with Gasteiger partial charge in [-0.25, -0.2) is 4.68 Å². The summed E-state index contributed by atoms with van der Waals surface area (Å²) in [5, 5.41) is 10.9. The van der Waals surface area contributed by atoms with Crippen LogP contribution in [0.25, 0.3) is 0 Å². The van der Waals surface area contributed by atoms with Crippen LogP contribution in [0, 0.1) is 13.8 Å². The summed E-state index contributed by atoms with van der Waals surface area (Å²) in [5.74, 6) is -0.300. The number of carbonyl (C=O) groups is 1. The van der Waals surface area contributed by atoms with Gasteiger partial charge in [-0.3, -0.25) is 4.79 Å². The predicted molar refractivity (Wildman–Crippen MR) is 93.6 cm³/mol. The SMILES string of the molecule is COCc1cccc(NC(=O)c2nnn(Cc3nsnc3C)c2C)c1. The summed E-state index contributed by atoms with van der Waals surface area (Å²) >= 11 is 1.16. The summed E-state index contributed by atoms with van der Waals surface area (Å²) < 4.78 is 15.1. The van der Waals surface area contributed by atoms with Crippen LogP contribution < -0.4 is 5.32 Å². The van der Waals surface area contributed by atoms with Crippen LogP contribution >= 0.6 is 11.7 Å². The van der Waals surface area contributed by atoms with Crippen molar-refractivity contribution in [3.63, 3.8) is 0 Å². The first kappa shape index (κ1) is 17.2. The van der Waals surface area contributed by atoms with E-state index in [4.69, 9.17) is 4.74 Å². The van der Waals surface area contributed by atoms with Gasteiger partial charge in [0.25, 0.3) is 5.91 Å². The van der Waals surface area contributed by atoms with Gasteiger partial charge < -0.3 is 10.1 Å². The van der Waals surface area contributed by atoms with Crippen LogP contribution in [0.5, 0.6) is 0 Å². The zero-order valence-electron chi connectivity index (χ0n) is 14.2. The number of ether oxygens (including phenoxy) is 1. The number of amides is 1. The van der Waals surface area contributed by atoms with Crippen molar-refractivity contribution in [1.82, 2.24) is 23.7 Å². The van der Waals surface area contributed by atoms with Crippen molar-refractivity contribution in [2.75, 3.05) is 12.4 Å². The Hall–Kier alpha value is -2.65. The lowest BCUT2D eigenvalue weighted by Crippen LogP contribution is -2.14. The molecular weight excluding hydrogens is 340 g/mol. The van der Waals surface area contributed by atoms with E-state index in [0.29, 0.717) is 24.5 Å². The highest BCUT2D eigenvalue weighted by Crippen LogP contribution is 2.15. The number of aryl methyl sites for hydroxylation is 1. The molecule has 0 aliphatic rings. The van der Waals surface area contributed by atoms with Crippen LogP contribution in [-0.4, -0.2) is 36.8 Å². The van der Waals surface area contributed by atoms with E-state index < -0.39 is 0 Å². The second kappa shape index (κ2) is 7.49. The van der Waals surface area contributed by atoms with Crippen molar-refractivity contribution in [2.45, 2.75) is 27.0 Å².